The molecule has 0 aliphatic carbocycles. The second-order valence-corrected chi connectivity index (χ2v) is 6.31. The Bertz CT molecular complexity index is 878. The van der Waals surface area contributed by atoms with E-state index in [2.05, 4.69) is 6.07 Å². The van der Waals surface area contributed by atoms with Gasteiger partial charge < -0.3 is 9.47 Å². The van der Waals surface area contributed by atoms with E-state index in [0.717, 1.165) is 22.6 Å². The molecule has 3 rings (SSSR count). The fourth-order valence-corrected chi connectivity index (χ4v) is 3.20. The number of allylic oxidation sites excluding steroid dienone is 1. The average Bonchev–Trinajstić information content (AvgIpc) is 3.20. The molecule has 1 aromatic heterocycles. The molecule has 0 amide bonds. The quantitative estimate of drug-likeness (QED) is 0.445. The Morgan fingerprint density at radius 2 is 1.80 bits per heavy atom. The summed E-state index contributed by atoms with van der Waals surface area (Å²) >= 11 is 1.68. The van der Waals surface area contributed by atoms with Crippen molar-refractivity contribution in [2.24, 2.45) is 0 Å². The van der Waals surface area contributed by atoms with Gasteiger partial charge in [-0.1, -0.05) is 6.07 Å². The van der Waals surface area contributed by atoms with Gasteiger partial charge in [-0.05, 0) is 71.6 Å². The van der Waals surface area contributed by atoms with Crippen molar-refractivity contribution in [1.82, 2.24) is 0 Å². The van der Waals surface area contributed by atoms with E-state index >= 15 is 0 Å². The molecule has 4 heteroatoms. The minimum Gasteiger partial charge on any atom is -0.497 e. The molecule has 0 saturated carbocycles. The predicted octanol–water partition coefficient (Wildman–Crippen LogP) is 5.33. The summed E-state index contributed by atoms with van der Waals surface area (Å²) in [6, 6.07) is 17.1. The van der Waals surface area contributed by atoms with Crippen LogP contribution in [0.3, 0.4) is 0 Å². The summed E-state index contributed by atoms with van der Waals surface area (Å²) in [5, 5.41) is 2.04. The molecule has 0 radical (unpaired) electrons. The molecule has 0 unspecified atom stereocenters. The van der Waals surface area contributed by atoms with Crippen molar-refractivity contribution in [3.8, 4) is 21.9 Å². The molecule has 0 N–H and O–H groups in total. The molecule has 0 bridgehead atoms. The zero-order chi connectivity index (χ0) is 17.6. The second-order valence-electron chi connectivity index (χ2n) is 5.36. The number of ether oxygens (including phenoxy) is 2. The van der Waals surface area contributed by atoms with Crippen LogP contribution in [0.2, 0.25) is 0 Å². The van der Waals surface area contributed by atoms with E-state index in [-0.39, 0.29) is 5.78 Å². The molecule has 0 aliphatic heterocycles. The van der Waals surface area contributed by atoms with Crippen LogP contribution >= 0.6 is 11.3 Å². The number of methoxy groups -OCH3 is 2. The molecule has 1 heterocycles. The van der Waals surface area contributed by atoms with Gasteiger partial charge >= 0.3 is 0 Å². The largest absolute Gasteiger partial charge is 0.497 e. The second kappa shape index (κ2) is 7.81. The third kappa shape index (κ3) is 3.98. The zero-order valence-electron chi connectivity index (χ0n) is 14.1. The Morgan fingerprint density at radius 1 is 1.00 bits per heavy atom. The van der Waals surface area contributed by atoms with Crippen molar-refractivity contribution in [2.45, 2.75) is 0 Å². The van der Waals surface area contributed by atoms with Crippen LogP contribution < -0.4 is 9.47 Å². The minimum absolute atomic E-state index is 0.0637. The molecule has 25 heavy (non-hydrogen) atoms. The number of benzene rings is 2. The van der Waals surface area contributed by atoms with E-state index in [0.29, 0.717) is 5.56 Å². The van der Waals surface area contributed by atoms with E-state index in [1.165, 1.54) is 4.88 Å². The normalized spacial score (nSPS) is 10.8. The van der Waals surface area contributed by atoms with Crippen LogP contribution in [0, 0.1) is 0 Å². The summed E-state index contributed by atoms with van der Waals surface area (Å²) in [4.78, 5) is 13.5. The molecule has 3 nitrogen and oxygen atoms in total. The van der Waals surface area contributed by atoms with Crippen LogP contribution in [0.5, 0.6) is 11.5 Å². The van der Waals surface area contributed by atoms with E-state index in [4.69, 9.17) is 9.47 Å². The monoisotopic (exact) mass is 350 g/mol. The molecule has 2 aromatic carbocycles. The highest BCUT2D eigenvalue weighted by atomic mass is 32.1. The number of hydrogen-bond donors (Lipinski definition) is 0. The zero-order valence-corrected chi connectivity index (χ0v) is 14.9. The lowest BCUT2D eigenvalue weighted by Gasteiger charge is -2.07. The lowest BCUT2D eigenvalue weighted by molar-refractivity contribution is 0.104. The summed E-state index contributed by atoms with van der Waals surface area (Å²) < 4.78 is 10.5. The maximum absolute atomic E-state index is 12.4. The van der Waals surface area contributed by atoms with Gasteiger partial charge in [-0.2, -0.15) is 0 Å². The van der Waals surface area contributed by atoms with Gasteiger partial charge in [0.2, 0.25) is 0 Å². The number of carbonyl (C=O) groups excluding carboxylic acids is 1. The topological polar surface area (TPSA) is 35.5 Å². The Morgan fingerprint density at radius 3 is 2.44 bits per heavy atom. The van der Waals surface area contributed by atoms with E-state index in [1.54, 1.807) is 62.0 Å². The number of carbonyl (C=O) groups is 1. The first kappa shape index (κ1) is 17.0. The van der Waals surface area contributed by atoms with Crippen molar-refractivity contribution < 1.29 is 14.3 Å². The van der Waals surface area contributed by atoms with Crippen LogP contribution in [0.15, 0.2) is 66.1 Å². The van der Waals surface area contributed by atoms with Gasteiger partial charge in [-0.3, -0.25) is 4.79 Å². The van der Waals surface area contributed by atoms with Crippen LogP contribution in [0.1, 0.15) is 15.9 Å². The summed E-state index contributed by atoms with van der Waals surface area (Å²) in [5.74, 6) is 1.40. The van der Waals surface area contributed by atoms with E-state index in [1.807, 2.05) is 29.6 Å². The van der Waals surface area contributed by atoms with Crippen molar-refractivity contribution in [1.29, 1.82) is 0 Å². The fourth-order valence-electron chi connectivity index (χ4n) is 2.48. The SMILES string of the molecule is COc1ccc(C(=O)C=Cc2cc(-c3cccs3)ccc2OC)cc1. The molecule has 126 valence electrons. The maximum Gasteiger partial charge on any atom is 0.185 e. The van der Waals surface area contributed by atoms with E-state index in [9.17, 15) is 4.79 Å². The predicted molar refractivity (Wildman–Crippen MR) is 103 cm³/mol. The molecule has 0 aliphatic rings. The van der Waals surface area contributed by atoms with Crippen molar-refractivity contribution in [2.75, 3.05) is 14.2 Å². The average molecular weight is 350 g/mol. The van der Waals surface area contributed by atoms with Crippen LogP contribution in [0.4, 0.5) is 0 Å². The van der Waals surface area contributed by atoms with Gasteiger partial charge in [0.05, 0.1) is 14.2 Å². The van der Waals surface area contributed by atoms with Crippen LogP contribution in [-0.4, -0.2) is 20.0 Å². The van der Waals surface area contributed by atoms with Crippen molar-refractivity contribution in [3.05, 3.63) is 77.2 Å². The van der Waals surface area contributed by atoms with Gasteiger partial charge in [-0.15, -0.1) is 11.3 Å². The van der Waals surface area contributed by atoms with Crippen LogP contribution in [0.25, 0.3) is 16.5 Å². The summed E-state index contributed by atoms with van der Waals surface area (Å²) in [5.41, 5.74) is 2.59. The molecule has 0 spiro atoms. The summed E-state index contributed by atoms with van der Waals surface area (Å²) in [7, 11) is 3.23. The number of hydrogen-bond acceptors (Lipinski definition) is 4. The molecular formula is C21H18O3S. The third-order valence-electron chi connectivity index (χ3n) is 3.82. The highest BCUT2D eigenvalue weighted by molar-refractivity contribution is 7.13. The van der Waals surface area contributed by atoms with Gasteiger partial charge in [0.1, 0.15) is 11.5 Å². The fraction of sp³-hybridized carbons (Fsp3) is 0.0952. The van der Waals surface area contributed by atoms with Gasteiger partial charge in [-0.25, -0.2) is 0 Å². The molecule has 0 atom stereocenters. The first-order valence-electron chi connectivity index (χ1n) is 7.79. The lowest BCUT2D eigenvalue weighted by atomic mass is 10.1. The number of rotatable bonds is 6. The molecule has 0 saturated heterocycles. The Labute approximate surface area is 151 Å². The summed E-state index contributed by atoms with van der Waals surface area (Å²) in [6.45, 7) is 0. The molecule has 3 aromatic rings. The lowest BCUT2D eigenvalue weighted by Crippen LogP contribution is -1.94. The highest BCUT2D eigenvalue weighted by Crippen LogP contribution is 2.30. The Balaban J connectivity index is 1.86. The Kier molecular flexibility index (Phi) is 5.31. The molecule has 0 fully saturated rings. The summed E-state index contributed by atoms with van der Waals surface area (Å²) in [6.07, 6.45) is 3.36. The number of thiophene rings is 1. The van der Waals surface area contributed by atoms with Gasteiger partial charge in [0.15, 0.2) is 5.78 Å². The van der Waals surface area contributed by atoms with Crippen molar-refractivity contribution >= 4 is 23.2 Å². The standard InChI is InChI=1S/C21H18O3S/c1-23-18-9-5-15(6-10-18)19(22)11-7-16-14-17(8-12-20(16)24-2)21-4-3-13-25-21/h3-14H,1-2H3. The van der Waals surface area contributed by atoms with Crippen LogP contribution in [-0.2, 0) is 0 Å². The smallest absolute Gasteiger partial charge is 0.185 e. The van der Waals surface area contributed by atoms with Crippen molar-refractivity contribution in [3.63, 3.8) is 0 Å². The van der Waals surface area contributed by atoms with E-state index < -0.39 is 0 Å². The van der Waals surface area contributed by atoms with Gasteiger partial charge in [0, 0.05) is 16.0 Å². The first-order chi connectivity index (χ1) is 12.2. The first-order valence-corrected chi connectivity index (χ1v) is 8.67. The maximum atomic E-state index is 12.4. The Hall–Kier alpha value is -2.85. The third-order valence-corrected chi connectivity index (χ3v) is 4.74. The highest BCUT2D eigenvalue weighted by Gasteiger charge is 2.06. The minimum atomic E-state index is -0.0637. The van der Waals surface area contributed by atoms with Gasteiger partial charge in [0.25, 0.3) is 0 Å². The number of ketones is 1. The molecular weight excluding hydrogens is 332 g/mol.